The molecule has 3 aromatic rings. The number of aryl methyl sites for hydroxylation is 1. The molecular weight excluding hydrogens is 308 g/mol. The van der Waals surface area contributed by atoms with Crippen LogP contribution in [-0.4, -0.2) is 16.7 Å². The van der Waals surface area contributed by atoms with Crippen molar-refractivity contribution in [3.05, 3.63) is 64.9 Å². The predicted octanol–water partition coefficient (Wildman–Crippen LogP) is 3.79. The number of nitrogens with one attached hydrogen (secondary N) is 1. The summed E-state index contributed by atoms with van der Waals surface area (Å²) < 4.78 is 5.36. The molecule has 0 aliphatic heterocycles. The highest BCUT2D eigenvalue weighted by Crippen LogP contribution is 2.24. The van der Waals surface area contributed by atoms with Crippen molar-refractivity contribution in [3.8, 4) is 10.8 Å². The van der Waals surface area contributed by atoms with Crippen LogP contribution in [0.5, 0.6) is 0 Å². The summed E-state index contributed by atoms with van der Waals surface area (Å²) in [5.41, 5.74) is 3.34. The third kappa shape index (κ3) is 3.88. The lowest BCUT2D eigenvalue weighted by atomic mass is 10.0. The Hall–Kier alpha value is -1.95. The first kappa shape index (κ1) is 15.9. The number of aromatic nitrogens is 1. The van der Waals surface area contributed by atoms with Gasteiger partial charge in [-0.3, -0.25) is 0 Å². The normalized spacial score (nSPS) is 12.4. The van der Waals surface area contributed by atoms with Crippen LogP contribution in [0.15, 0.2) is 52.5 Å². The summed E-state index contributed by atoms with van der Waals surface area (Å²) in [6, 6.07) is 12.0. The third-order valence-corrected chi connectivity index (χ3v) is 4.69. The molecule has 0 aliphatic rings. The van der Waals surface area contributed by atoms with E-state index in [-0.39, 0.29) is 12.6 Å². The first-order valence-electron chi connectivity index (χ1n) is 7.71. The van der Waals surface area contributed by atoms with E-state index in [1.807, 2.05) is 17.5 Å². The van der Waals surface area contributed by atoms with Crippen LogP contribution in [0.25, 0.3) is 10.8 Å². The fourth-order valence-corrected chi connectivity index (χ4v) is 3.19. The van der Waals surface area contributed by atoms with Gasteiger partial charge in [0.2, 0.25) is 0 Å². The molecule has 0 spiro atoms. The summed E-state index contributed by atoms with van der Waals surface area (Å²) in [6.07, 6.45) is 2.67. The van der Waals surface area contributed by atoms with Gasteiger partial charge in [-0.05, 0) is 29.7 Å². The van der Waals surface area contributed by atoms with Gasteiger partial charge in [-0.1, -0.05) is 31.2 Å². The summed E-state index contributed by atoms with van der Waals surface area (Å²) in [6.45, 7) is 2.80. The zero-order valence-electron chi connectivity index (χ0n) is 13.0. The van der Waals surface area contributed by atoms with Crippen molar-refractivity contribution in [2.75, 3.05) is 6.61 Å². The fourth-order valence-electron chi connectivity index (χ4n) is 2.40. The van der Waals surface area contributed by atoms with E-state index in [1.54, 1.807) is 17.6 Å². The van der Waals surface area contributed by atoms with Crippen LogP contribution in [-0.2, 0) is 13.0 Å². The van der Waals surface area contributed by atoms with Gasteiger partial charge < -0.3 is 14.8 Å². The van der Waals surface area contributed by atoms with Crippen molar-refractivity contribution in [2.45, 2.75) is 25.9 Å². The van der Waals surface area contributed by atoms with Crippen molar-refractivity contribution in [2.24, 2.45) is 0 Å². The molecule has 2 N–H and O–H groups in total. The maximum absolute atomic E-state index is 9.64. The van der Waals surface area contributed by atoms with Gasteiger partial charge in [0.05, 0.1) is 24.6 Å². The molecule has 0 fully saturated rings. The Kier molecular flexibility index (Phi) is 5.23. The topological polar surface area (TPSA) is 58.3 Å². The number of furan rings is 1. The number of hydrogen-bond donors (Lipinski definition) is 2. The van der Waals surface area contributed by atoms with Crippen molar-refractivity contribution in [1.29, 1.82) is 0 Å². The van der Waals surface area contributed by atoms with Gasteiger partial charge in [-0.15, -0.1) is 11.3 Å². The molecule has 0 radical (unpaired) electrons. The van der Waals surface area contributed by atoms with E-state index in [1.165, 1.54) is 5.56 Å². The molecule has 1 aromatic carbocycles. The van der Waals surface area contributed by atoms with E-state index in [0.29, 0.717) is 6.54 Å². The summed E-state index contributed by atoms with van der Waals surface area (Å²) in [7, 11) is 0. The Morgan fingerprint density at radius 3 is 2.74 bits per heavy atom. The minimum atomic E-state index is -0.0883. The average Bonchev–Trinajstić information content (AvgIpc) is 3.27. The SMILES string of the molecule is CCc1ccc(C(CO)NCc2csc(-c3ccco3)n2)cc1. The minimum Gasteiger partial charge on any atom is -0.462 e. The Morgan fingerprint density at radius 2 is 2.09 bits per heavy atom. The quantitative estimate of drug-likeness (QED) is 0.693. The van der Waals surface area contributed by atoms with E-state index in [2.05, 4.69) is 41.5 Å². The molecule has 1 atom stereocenters. The molecule has 0 bridgehead atoms. The lowest BCUT2D eigenvalue weighted by Crippen LogP contribution is -2.24. The molecular formula is C18H20N2O2S. The molecule has 23 heavy (non-hydrogen) atoms. The standard InChI is InChI=1S/C18H20N2O2S/c1-2-13-5-7-14(8-6-13)16(11-21)19-10-15-12-23-18(20-15)17-4-3-9-22-17/h3-9,12,16,19,21H,2,10-11H2,1H3. The van der Waals surface area contributed by atoms with Crippen LogP contribution in [0.1, 0.15) is 29.8 Å². The predicted molar refractivity (Wildman–Crippen MR) is 92.3 cm³/mol. The molecule has 3 rings (SSSR count). The summed E-state index contributed by atoms with van der Waals surface area (Å²) in [5.74, 6) is 0.787. The van der Waals surface area contributed by atoms with Crippen molar-refractivity contribution in [1.82, 2.24) is 10.3 Å². The molecule has 5 heteroatoms. The summed E-state index contributed by atoms with van der Waals surface area (Å²) in [5, 5.41) is 15.9. The van der Waals surface area contributed by atoms with E-state index in [4.69, 9.17) is 4.42 Å². The average molecular weight is 328 g/mol. The zero-order valence-corrected chi connectivity index (χ0v) is 13.8. The number of rotatable bonds is 7. The van der Waals surface area contributed by atoms with E-state index in [9.17, 15) is 5.11 Å². The highest BCUT2D eigenvalue weighted by Gasteiger charge is 2.12. The van der Waals surface area contributed by atoms with Crippen LogP contribution in [0.2, 0.25) is 0 Å². The van der Waals surface area contributed by atoms with Gasteiger partial charge in [0.1, 0.15) is 0 Å². The summed E-state index contributed by atoms with van der Waals surface area (Å²) in [4.78, 5) is 4.56. The van der Waals surface area contributed by atoms with Crippen molar-refractivity contribution in [3.63, 3.8) is 0 Å². The first-order valence-corrected chi connectivity index (χ1v) is 8.59. The van der Waals surface area contributed by atoms with E-state index in [0.717, 1.165) is 28.4 Å². The Balaban J connectivity index is 1.63. The molecule has 2 aromatic heterocycles. The smallest absolute Gasteiger partial charge is 0.162 e. The Labute approximate surface area is 139 Å². The maximum atomic E-state index is 9.64. The van der Waals surface area contributed by atoms with Gasteiger partial charge in [-0.25, -0.2) is 4.98 Å². The number of benzene rings is 1. The maximum Gasteiger partial charge on any atom is 0.162 e. The monoisotopic (exact) mass is 328 g/mol. The van der Waals surface area contributed by atoms with Gasteiger partial charge in [0.15, 0.2) is 10.8 Å². The molecule has 0 amide bonds. The molecule has 0 saturated carbocycles. The molecule has 1 unspecified atom stereocenters. The Bertz CT molecular complexity index is 720. The molecule has 120 valence electrons. The number of nitrogens with zero attached hydrogens (tertiary/aromatic N) is 1. The lowest BCUT2D eigenvalue weighted by molar-refractivity contribution is 0.243. The number of aliphatic hydroxyl groups excluding tert-OH is 1. The van der Waals surface area contributed by atoms with E-state index >= 15 is 0 Å². The summed E-state index contributed by atoms with van der Waals surface area (Å²) >= 11 is 1.56. The van der Waals surface area contributed by atoms with Crippen LogP contribution < -0.4 is 5.32 Å². The number of aliphatic hydroxyl groups is 1. The molecule has 0 aliphatic carbocycles. The molecule has 0 saturated heterocycles. The third-order valence-electron chi connectivity index (χ3n) is 3.79. The highest BCUT2D eigenvalue weighted by atomic mass is 32.1. The van der Waals surface area contributed by atoms with Crippen LogP contribution in [0, 0.1) is 0 Å². The van der Waals surface area contributed by atoms with Crippen LogP contribution >= 0.6 is 11.3 Å². The van der Waals surface area contributed by atoms with Crippen molar-refractivity contribution < 1.29 is 9.52 Å². The van der Waals surface area contributed by atoms with Crippen molar-refractivity contribution >= 4 is 11.3 Å². The van der Waals surface area contributed by atoms with Gasteiger partial charge >= 0.3 is 0 Å². The minimum absolute atomic E-state index is 0.0562. The lowest BCUT2D eigenvalue weighted by Gasteiger charge is -2.16. The molecule has 4 nitrogen and oxygen atoms in total. The fraction of sp³-hybridized carbons (Fsp3) is 0.278. The van der Waals surface area contributed by atoms with Crippen LogP contribution in [0.4, 0.5) is 0 Å². The van der Waals surface area contributed by atoms with Gasteiger partial charge in [0.25, 0.3) is 0 Å². The highest BCUT2D eigenvalue weighted by molar-refractivity contribution is 7.13. The zero-order chi connectivity index (χ0) is 16.1. The second kappa shape index (κ2) is 7.55. The first-order chi connectivity index (χ1) is 11.3. The van der Waals surface area contributed by atoms with Gasteiger partial charge in [0, 0.05) is 11.9 Å². The van der Waals surface area contributed by atoms with E-state index < -0.39 is 0 Å². The Morgan fingerprint density at radius 1 is 1.26 bits per heavy atom. The van der Waals surface area contributed by atoms with Gasteiger partial charge in [-0.2, -0.15) is 0 Å². The second-order valence-electron chi connectivity index (χ2n) is 5.33. The molecule has 2 heterocycles. The largest absolute Gasteiger partial charge is 0.462 e. The number of hydrogen-bond acceptors (Lipinski definition) is 5. The second-order valence-corrected chi connectivity index (χ2v) is 6.19. The number of thiazole rings is 1. The van der Waals surface area contributed by atoms with Crippen LogP contribution in [0.3, 0.4) is 0 Å².